The molecule has 0 unspecified atom stereocenters. The summed E-state index contributed by atoms with van der Waals surface area (Å²) in [4.78, 5) is 12.6. The van der Waals surface area contributed by atoms with Gasteiger partial charge in [-0.15, -0.1) is 0 Å². The van der Waals surface area contributed by atoms with E-state index in [2.05, 4.69) is 20.8 Å². The van der Waals surface area contributed by atoms with Gasteiger partial charge < -0.3 is 9.47 Å². The lowest BCUT2D eigenvalue weighted by atomic mass is 9.98. The predicted molar refractivity (Wildman–Crippen MR) is 69.9 cm³/mol. The molecule has 1 aromatic rings. The van der Waals surface area contributed by atoms with E-state index in [9.17, 15) is 4.79 Å². The number of nitrogens with zero attached hydrogens (tertiary/aromatic N) is 1. The summed E-state index contributed by atoms with van der Waals surface area (Å²) < 4.78 is 18.9. The third kappa shape index (κ3) is 2.06. The van der Waals surface area contributed by atoms with Crippen LogP contribution in [0.25, 0.3) is 0 Å². The van der Waals surface area contributed by atoms with Crippen molar-refractivity contribution in [2.45, 2.75) is 10.8 Å². The highest BCUT2D eigenvalue weighted by atomic mass is 79.9. The smallest absolute Gasteiger partial charge is 0.327 e. The molecule has 2 aliphatic heterocycles. The largest absolute Gasteiger partial charge is 0.425 e. The van der Waals surface area contributed by atoms with Crippen LogP contribution in [0.4, 0.5) is 0 Å². The van der Waals surface area contributed by atoms with Gasteiger partial charge in [0.05, 0.1) is 20.6 Å². The summed E-state index contributed by atoms with van der Waals surface area (Å²) in [6.45, 7) is 2.66. The number of morpholine rings is 1. The Morgan fingerprint density at radius 1 is 1.33 bits per heavy atom. The molecule has 1 saturated heterocycles. The first kappa shape index (κ1) is 11.0. The second-order valence-electron chi connectivity index (χ2n) is 4.33. The highest BCUT2D eigenvalue weighted by Gasteiger charge is 2.39. The van der Waals surface area contributed by atoms with Crippen molar-refractivity contribution >= 4 is 21.9 Å². The normalized spacial score (nSPS) is 33.5. The van der Waals surface area contributed by atoms with Crippen LogP contribution < -0.4 is 4.74 Å². The quantitative estimate of drug-likeness (QED) is 0.450. The molecule has 4 nitrogen and oxygen atoms in total. The molecular formula is C13H14BrNO3. The molecule has 0 spiro atoms. The van der Waals surface area contributed by atoms with Gasteiger partial charge in [-0.2, -0.15) is 0 Å². The lowest BCUT2D eigenvalue weighted by Crippen LogP contribution is -2.46. The van der Waals surface area contributed by atoms with Crippen molar-refractivity contribution in [1.82, 2.24) is 4.90 Å². The number of fused-ring (bicyclic) bond motifs is 1. The second kappa shape index (κ2) is 4.99. The SMILES string of the molecule is [2H][C@@]1(Br)C(=O)Oc2ccccc2[C@@H]1N1CCOCC1. The Morgan fingerprint density at radius 2 is 2.06 bits per heavy atom. The van der Waals surface area contributed by atoms with Gasteiger partial charge in [-0.05, 0) is 6.07 Å². The van der Waals surface area contributed by atoms with E-state index in [1.807, 2.05) is 18.2 Å². The number of para-hydroxylation sites is 1. The number of rotatable bonds is 1. The average Bonchev–Trinajstić information content (AvgIpc) is 2.41. The van der Waals surface area contributed by atoms with Crippen molar-refractivity contribution in [2.24, 2.45) is 0 Å². The molecule has 5 heteroatoms. The van der Waals surface area contributed by atoms with Crippen LogP contribution in [0.3, 0.4) is 0 Å². The summed E-state index contributed by atoms with van der Waals surface area (Å²) in [6, 6.07) is 7.05. The molecule has 0 aromatic heterocycles. The maximum absolute atomic E-state index is 12.0. The molecule has 2 aliphatic rings. The molecule has 0 N–H and O–H groups in total. The zero-order valence-electron chi connectivity index (χ0n) is 10.8. The molecule has 1 aromatic carbocycles. The van der Waals surface area contributed by atoms with Crippen LogP contribution in [0.1, 0.15) is 13.0 Å². The van der Waals surface area contributed by atoms with Crippen LogP contribution in [-0.4, -0.2) is 42.0 Å². The van der Waals surface area contributed by atoms with E-state index >= 15 is 0 Å². The highest BCUT2D eigenvalue weighted by Crippen LogP contribution is 2.39. The molecule has 2 heterocycles. The Kier molecular flexibility index (Phi) is 3.04. The Morgan fingerprint density at radius 3 is 2.83 bits per heavy atom. The molecule has 0 amide bonds. The van der Waals surface area contributed by atoms with Crippen LogP contribution in [0.15, 0.2) is 24.3 Å². The summed E-state index contributed by atoms with van der Waals surface area (Å²) in [5.41, 5.74) is 0.871. The van der Waals surface area contributed by atoms with Crippen molar-refractivity contribution < 1.29 is 15.6 Å². The minimum Gasteiger partial charge on any atom is -0.425 e. The lowest BCUT2D eigenvalue weighted by molar-refractivity contribution is -0.137. The van der Waals surface area contributed by atoms with Gasteiger partial charge in [0, 0.05) is 18.7 Å². The Balaban J connectivity index is 2.04. The summed E-state index contributed by atoms with van der Waals surface area (Å²) in [6.07, 6.45) is 0. The summed E-state index contributed by atoms with van der Waals surface area (Å²) in [5, 5.41) is 0. The zero-order valence-corrected chi connectivity index (χ0v) is 11.4. The second-order valence-corrected chi connectivity index (χ2v) is 5.18. The number of ether oxygens (including phenoxy) is 2. The third-order valence-electron chi connectivity index (χ3n) is 3.26. The van der Waals surface area contributed by atoms with E-state index < -0.39 is 10.8 Å². The van der Waals surface area contributed by atoms with E-state index in [0.29, 0.717) is 32.1 Å². The Hall–Kier alpha value is -0.910. The number of benzene rings is 1. The summed E-state index contributed by atoms with van der Waals surface area (Å²) in [7, 11) is 0. The summed E-state index contributed by atoms with van der Waals surface area (Å²) in [5.74, 6) is -0.0194. The van der Waals surface area contributed by atoms with Gasteiger partial charge in [0.1, 0.15) is 10.6 Å². The van der Waals surface area contributed by atoms with Crippen LogP contribution in [-0.2, 0) is 9.53 Å². The van der Waals surface area contributed by atoms with Gasteiger partial charge in [-0.3, -0.25) is 9.69 Å². The highest BCUT2D eigenvalue weighted by molar-refractivity contribution is 9.10. The number of carbonyl (C=O) groups excluding carboxylic acids is 1. The molecule has 3 rings (SSSR count). The number of hydrogen-bond donors (Lipinski definition) is 0. The molecular weight excluding hydrogens is 298 g/mol. The van der Waals surface area contributed by atoms with Gasteiger partial charge in [0.15, 0.2) is 0 Å². The van der Waals surface area contributed by atoms with Gasteiger partial charge >= 0.3 is 5.97 Å². The monoisotopic (exact) mass is 312 g/mol. The number of halogens is 1. The Bertz CT molecular complexity index is 502. The standard InChI is InChI=1S/C13H14BrNO3/c14-11-12(15-5-7-17-8-6-15)9-3-1-2-4-10(9)18-13(11)16/h1-4,11-12H,5-8H2/t11-,12-/m0/s1/i11D. The topological polar surface area (TPSA) is 38.8 Å². The maximum atomic E-state index is 12.0. The van der Waals surface area contributed by atoms with E-state index in [-0.39, 0.29) is 6.04 Å². The molecule has 96 valence electrons. The minimum absolute atomic E-state index is 0.353. The van der Waals surface area contributed by atoms with Crippen molar-refractivity contribution in [3.05, 3.63) is 29.8 Å². The van der Waals surface area contributed by atoms with Gasteiger partial charge in [0.25, 0.3) is 0 Å². The first-order valence-electron chi connectivity index (χ1n) is 6.42. The zero-order chi connectivity index (χ0) is 13.5. The fourth-order valence-electron chi connectivity index (χ4n) is 2.39. The molecule has 0 bridgehead atoms. The molecule has 2 atom stereocenters. The maximum Gasteiger partial charge on any atom is 0.327 e. The number of hydrogen-bond acceptors (Lipinski definition) is 4. The first-order valence-corrected chi connectivity index (χ1v) is 6.72. The van der Waals surface area contributed by atoms with Crippen molar-refractivity contribution in [2.75, 3.05) is 26.3 Å². The average molecular weight is 313 g/mol. The fraction of sp³-hybridized carbons (Fsp3) is 0.462. The van der Waals surface area contributed by atoms with Crippen molar-refractivity contribution in [3.8, 4) is 5.75 Å². The van der Waals surface area contributed by atoms with Crippen LogP contribution >= 0.6 is 15.9 Å². The van der Waals surface area contributed by atoms with Crippen LogP contribution in [0.2, 0.25) is 0 Å². The van der Waals surface area contributed by atoms with Gasteiger partial charge in [-0.1, -0.05) is 34.1 Å². The number of carbonyl (C=O) groups is 1. The van der Waals surface area contributed by atoms with Crippen LogP contribution in [0.5, 0.6) is 5.75 Å². The van der Waals surface area contributed by atoms with Crippen molar-refractivity contribution in [3.63, 3.8) is 0 Å². The molecule has 0 saturated carbocycles. The lowest BCUT2D eigenvalue weighted by Gasteiger charge is -2.39. The molecule has 18 heavy (non-hydrogen) atoms. The number of alkyl halides is 1. The minimum atomic E-state index is -1.47. The van der Waals surface area contributed by atoms with E-state index in [1.165, 1.54) is 0 Å². The molecule has 1 fully saturated rings. The van der Waals surface area contributed by atoms with Gasteiger partial charge in [0.2, 0.25) is 0 Å². The van der Waals surface area contributed by atoms with Gasteiger partial charge in [-0.25, -0.2) is 0 Å². The molecule has 0 aliphatic carbocycles. The van der Waals surface area contributed by atoms with Crippen molar-refractivity contribution in [1.29, 1.82) is 0 Å². The predicted octanol–water partition coefficient (Wildman–Crippen LogP) is 1.74. The fourth-order valence-corrected chi connectivity index (χ4v) is 3.01. The third-order valence-corrected chi connectivity index (χ3v) is 4.02. The van der Waals surface area contributed by atoms with E-state index in [1.54, 1.807) is 6.07 Å². The molecule has 0 radical (unpaired) electrons. The summed E-state index contributed by atoms with van der Waals surface area (Å²) >= 11 is 3.24. The number of esters is 1. The Labute approximate surface area is 115 Å². The first-order chi connectivity index (χ1) is 9.10. The van der Waals surface area contributed by atoms with E-state index in [0.717, 1.165) is 5.56 Å². The van der Waals surface area contributed by atoms with Crippen LogP contribution in [0, 0.1) is 0 Å². The van der Waals surface area contributed by atoms with E-state index in [4.69, 9.17) is 10.8 Å².